The van der Waals surface area contributed by atoms with Crippen LogP contribution in [0.25, 0.3) is 0 Å². The number of benzene rings is 2. The number of hydrogen-bond donors (Lipinski definition) is 1. The summed E-state index contributed by atoms with van der Waals surface area (Å²) in [7, 11) is -1.16. The van der Waals surface area contributed by atoms with Gasteiger partial charge in [0.15, 0.2) is 23.3 Å². The lowest BCUT2D eigenvalue weighted by Crippen LogP contribution is -2.49. The number of amides is 1. The first-order valence-electron chi connectivity index (χ1n) is 9.11. The maximum atomic E-state index is 16.7. The first kappa shape index (κ1) is 24.5. The molecule has 1 heterocycles. The number of alkyl halides is 1. The molecule has 0 aliphatic carbocycles. The number of nitrogens with zero attached hydrogens (tertiary/aromatic N) is 1. The smallest absolute Gasteiger partial charge is 0.271 e. The number of likely N-dealkylation sites (N-methyl/N-ethyl adjacent to an activating group) is 1. The van der Waals surface area contributed by atoms with Crippen molar-refractivity contribution in [2.24, 2.45) is 0 Å². The number of fused-ring (bicyclic) bond motifs is 1. The molecule has 1 aliphatic heterocycles. The maximum Gasteiger partial charge on any atom is 0.271 e. The van der Waals surface area contributed by atoms with Crippen LogP contribution in [0.4, 0.5) is 32.0 Å². The Balaban J connectivity index is 2.40. The summed E-state index contributed by atoms with van der Waals surface area (Å²) in [5.74, 6) is -13.3. The summed E-state index contributed by atoms with van der Waals surface area (Å²) in [4.78, 5) is 13.8. The van der Waals surface area contributed by atoms with E-state index >= 15 is 4.39 Å². The van der Waals surface area contributed by atoms with Crippen molar-refractivity contribution in [1.29, 1.82) is 0 Å². The normalized spacial score (nSPS) is 20.5. The van der Waals surface area contributed by atoms with E-state index in [2.05, 4.69) is 4.72 Å². The lowest BCUT2D eigenvalue weighted by molar-refractivity contribution is -0.131. The van der Waals surface area contributed by atoms with Crippen molar-refractivity contribution in [3.05, 3.63) is 63.4 Å². The van der Waals surface area contributed by atoms with E-state index in [9.17, 15) is 31.0 Å². The Morgan fingerprint density at radius 3 is 2.03 bits per heavy atom. The maximum absolute atomic E-state index is 16.7. The number of rotatable bonds is 4. The van der Waals surface area contributed by atoms with Gasteiger partial charge >= 0.3 is 0 Å². The van der Waals surface area contributed by atoms with Gasteiger partial charge < -0.3 is 4.90 Å². The van der Waals surface area contributed by atoms with Crippen LogP contribution in [0.15, 0.2) is 18.2 Å². The molecular formula is C20H17ClF6N2O2S. The summed E-state index contributed by atoms with van der Waals surface area (Å²) in [6.07, 6.45) is 0. The Hall–Kier alpha value is -2.11. The van der Waals surface area contributed by atoms with Gasteiger partial charge in [-0.25, -0.2) is 35.3 Å². The summed E-state index contributed by atoms with van der Waals surface area (Å²) >= 11 is 6.09. The summed E-state index contributed by atoms with van der Waals surface area (Å²) in [5.41, 5.74) is -5.76. The highest BCUT2D eigenvalue weighted by atomic mass is 35.5. The number of hydrogen-bond acceptors (Lipinski definition) is 2. The van der Waals surface area contributed by atoms with Crippen molar-refractivity contribution in [3.8, 4) is 0 Å². The van der Waals surface area contributed by atoms with E-state index in [1.54, 1.807) is 0 Å². The molecule has 0 fully saturated rings. The van der Waals surface area contributed by atoms with Crippen LogP contribution in [0.3, 0.4) is 0 Å². The predicted molar refractivity (Wildman–Crippen MR) is 108 cm³/mol. The van der Waals surface area contributed by atoms with Crippen molar-refractivity contribution < 1.29 is 35.3 Å². The minimum Gasteiger partial charge on any atom is -0.312 e. The van der Waals surface area contributed by atoms with E-state index in [4.69, 9.17) is 11.6 Å². The van der Waals surface area contributed by atoms with Crippen LogP contribution >= 0.6 is 11.6 Å². The topological polar surface area (TPSA) is 49.4 Å². The van der Waals surface area contributed by atoms with Gasteiger partial charge in [-0.3, -0.25) is 4.79 Å². The molecular weight excluding hydrogens is 482 g/mol. The van der Waals surface area contributed by atoms with Gasteiger partial charge in [0.05, 0.1) is 33.0 Å². The highest BCUT2D eigenvalue weighted by Crippen LogP contribution is 2.53. The summed E-state index contributed by atoms with van der Waals surface area (Å²) in [6.45, 7) is 4.25. The molecule has 32 heavy (non-hydrogen) atoms. The van der Waals surface area contributed by atoms with Gasteiger partial charge in [0.25, 0.3) is 5.91 Å². The fraction of sp³-hybridized carbons (Fsp3) is 0.350. The molecule has 174 valence electrons. The fourth-order valence-electron chi connectivity index (χ4n) is 3.38. The van der Waals surface area contributed by atoms with Gasteiger partial charge in [-0.2, -0.15) is 0 Å². The SMILES string of the molecule is CN1C(=O)[C@@](F)([C@@H](NS(=O)C(C)(C)C)c2c(F)c(F)c(F)c(F)c2F)c2c(Cl)cccc21. The number of anilines is 1. The molecule has 1 amide bonds. The molecule has 0 spiro atoms. The number of nitrogens with one attached hydrogen (secondary N) is 1. The zero-order valence-corrected chi connectivity index (χ0v) is 18.7. The van der Waals surface area contributed by atoms with Crippen LogP contribution in [-0.4, -0.2) is 21.9 Å². The van der Waals surface area contributed by atoms with Crippen molar-refractivity contribution in [2.45, 2.75) is 37.2 Å². The van der Waals surface area contributed by atoms with E-state index in [0.717, 1.165) is 11.9 Å². The number of carbonyl (C=O) groups excluding carboxylic acids is 1. The fourth-order valence-corrected chi connectivity index (χ4v) is 4.53. The van der Waals surface area contributed by atoms with Gasteiger partial charge in [-0.05, 0) is 32.9 Å². The molecule has 1 unspecified atom stereocenters. The predicted octanol–water partition coefficient (Wildman–Crippen LogP) is 4.97. The molecule has 0 radical (unpaired) electrons. The van der Waals surface area contributed by atoms with Gasteiger partial charge in [-0.1, -0.05) is 17.7 Å². The van der Waals surface area contributed by atoms with E-state index in [-0.39, 0.29) is 10.7 Å². The molecule has 0 saturated heterocycles. The summed E-state index contributed by atoms with van der Waals surface area (Å²) in [5, 5.41) is -0.333. The molecule has 4 nitrogen and oxygen atoms in total. The van der Waals surface area contributed by atoms with Crippen molar-refractivity contribution in [2.75, 3.05) is 11.9 Å². The van der Waals surface area contributed by atoms with Gasteiger partial charge in [-0.15, -0.1) is 0 Å². The number of halogens is 7. The van der Waals surface area contributed by atoms with Gasteiger partial charge in [0.2, 0.25) is 11.5 Å². The second kappa shape index (κ2) is 8.03. The molecule has 1 N–H and O–H groups in total. The van der Waals surface area contributed by atoms with Crippen LogP contribution in [0.2, 0.25) is 5.02 Å². The average Bonchev–Trinajstić information content (AvgIpc) is 2.92. The molecule has 2 aromatic carbocycles. The Kier molecular flexibility index (Phi) is 6.16. The Labute approximate surface area is 187 Å². The second-order valence-electron chi connectivity index (χ2n) is 8.13. The van der Waals surface area contributed by atoms with Crippen LogP contribution in [-0.2, 0) is 21.4 Å². The minimum atomic E-state index is -3.46. The molecule has 2 aromatic rings. The van der Waals surface area contributed by atoms with E-state index in [1.165, 1.54) is 39.0 Å². The third kappa shape index (κ3) is 3.50. The summed E-state index contributed by atoms with van der Waals surface area (Å²) < 4.78 is 101. The van der Waals surface area contributed by atoms with Crippen molar-refractivity contribution >= 4 is 34.2 Å². The zero-order chi connectivity index (χ0) is 24.3. The third-order valence-corrected chi connectivity index (χ3v) is 6.92. The number of carbonyl (C=O) groups is 1. The first-order valence-corrected chi connectivity index (χ1v) is 10.6. The van der Waals surface area contributed by atoms with Gasteiger partial charge in [0, 0.05) is 17.6 Å². The lowest BCUT2D eigenvalue weighted by Gasteiger charge is -2.33. The van der Waals surface area contributed by atoms with Gasteiger partial charge in [0.1, 0.15) is 0 Å². The van der Waals surface area contributed by atoms with Crippen molar-refractivity contribution in [1.82, 2.24) is 4.72 Å². The van der Waals surface area contributed by atoms with E-state index in [1.807, 2.05) is 0 Å². The molecule has 1 aliphatic rings. The third-order valence-electron chi connectivity index (χ3n) is 5.04. The quantitative estimate of drug-likeness (QED) is 0.368. The van der Waals surface area contributed by atoms with Crippen LogP contribution in [0.5, 0.6) is 0 Å². The highest BCUT2D eigenvalue weighted by molar-refractivity contribution is 7.84. The van der Waals surface area contributed by atoms with Crippen LogP contribution in [0.1, 0.15) is 37.9 Å². The zero-order valence-electron chi connectivity index (χ0n) is 17.1. The Morgan fingerprint density at radius 1 is 1.03 bits per heavy atom. The van der Waals surface area contributed by atoms with E-state index in [0.29, 0.717) is 0 Å². The van der Waals surface area contributed by atoms with Crippen molar-refractivity contribution in [3.63, 3.8) is 0 Å². The molecule has 3 rings (SSSR count). The molecule has 0 saturated carbocycles. The van der Waals surface area contributed by atoms with E-state index < -0.39 is 73.6 Å². The highest BCUT2D eigenvalue weighted by Gasteiger charge is 2.60. The largest absolute Gasteiger partial charge is 0.312 e. The summed E-state index contributed by atoms with van der Waals surface area (Å²) in [6, 6.07) is 1.28. The first-order chi connectivity index (χ1) is 14.7. The van der Waals surface area contributed by atoms with Crippen LogP contribution in [0, 0.1) is 29.1 Å². The Bertz CT molecular complexity index is 1130. The lowest BCUT2D eigenvalue weighted by atomic mass is 9.84. The average molecular weight is 499 g/mol. The molecule has 0 aromatic heterocycles. The minimum absolute atomic E-state index is 0.0813. The Morgan fingerprint density at radius 2 is 1.53 bits per heavy atom. The van der Waals surface area contributed by atoms with Crippen LogP contribution < -0.4 is 9.62 Å². The molecule has 3 atom stereocenters. The molecule has 0 bridgehead atoms. The standard InChI is InChI=1S/C20H17ClF6N2O2S/c1-19(2,3)32(31)28-17(10-12(22)14(24)16(26)15(25)13(10)23)20(27)11-8(21)6-5-7-9(11)29(4)18(20)30/h5-7,17,28H,1-4H3/t17-,20-,32?/m0/s1. The molecule has 12 heteroatoms. The monoisotopic (exact) mass is 498 g/mol. The second-order valence-corrected chi connectivity index (χ2v) is 10.5.